The molecule has 1 aromatic rings. The number of aliphatic hydroxyl groups is 4. The fraction of sp³-hybridized carbons (Fsp3) is 0.440. The van der Waals surface area contributed by atoms with E-state index in [4.69, 9.17) is 18.9 Å². The molecule has 0 aromatic heterocycles. The average Bonchev–Trinajstić information content (AvgIpc) is 3.17. The second-order valence-corrected chi connectivity index (χ2v) is 9.01. The number of aliphatic carboxylic acids is 1. The van der Waals surface area contributed by atoms with Gasteiger partial charge < -0.3 is 49.6 Å². The molecule has 12 heteroatoms. The molecule has 2 heterocycles. The van der Waals surface area contributed by atoms with Gasteiger partial charge in [-0.3, -0.25) is 0 Å². The van der Waals surface area contributed by atoms with Crippen LogP contribution in [0.4, 0.5) is 0 Å². The van der Waals surface area contributed by atoms with Crippen LogP contribution in [0.2, 0.25) is 0 Å². The number of carbonyl (C=O) groups excluding carboxylic acids is 1. The lowest BCUT2D eigenvalue weighted by molar-refractivity contribution is -0.340. The van der Waals surface area contributed by atoms with E-state index in [1.165, 1.54) is 18.2 Å². The van der Waals surface area contributed by atoms with E-state index in [9.17, 15) is 40.2 Å². The fourth-order valence-electron chi connectivity index (χ4n) is 4.69. The van der Waals surface area contributed by atoms with Crippen molar-refractivity contribution in [1.82, 2.24) is 0 Å². The van der Waals surface area contributed by atoms with E-state index < -0.39 is 73.5 Å². The van der Waals surface area contributed by atoms with Gasteiger partial charge in [0, 0.05) is 12.0 Å². The van der Waals surface area contributed by atoms with Gasteiger partial charge in [0.05, 0.1) is 30.5 Å². The lowest BCUT2D eigenvalue weighted by Crippen LogP contribution is -2.61. The Bertz CT molecular complexity index is 1080. The number of hydrogen-bond donors (Lipinski definition) is 6. The first-order chi connectivity index (χ1) is 17.6. The predicted octanol–water partition coefficient (Wildman–Crippen LogP) is -0.349. The van der Waals surface area contributed by atoms with Crippen LogP contribution in [0.3, 0.4) is 0 Å². The van der Waals surface area contributed by atoms with E-state index in [1.54, 1.807) is 12.1 Å². The van der Waals surface area contributed by atoms with Gasteiger partial charge in [-0.25, -0.2) is 9.59 Å². The van der Waals surface area contributed by atoms with E-state index in [-0.39, 0.29) is 23.3 Å². The summed E-state index contributed by atoms with van der Waals surface area (Å²) in [5, 5.41) is 59.7. The summed E-state index contributed by atoms with van der Waals surface area (Å²) >= 11 is 0. The van der Waals surface area contributed by atoms with Crippen LogP contribution in [0.1, 0.15) is 12.0 Å². The molecule has 200 valence electrons. The van der Waals surface area contributed by atoms with Crippen molar-refractivity contribution < 1.29 is 59.2 Å². The van der Waals surface area contributed by atoms with Crippen molar-refractivity contribution in [1.29, 1.82) is 0 Å². The molecular formula is C25H28O12. The SMILES string of the molecule is C=C1[C@H]2[C@H](O[C@H]3O[C@@H](CO)[C@@H](O)[C@@H](O)[C@H]3OC(=O)/C=C/c3ccc(O)cc3)OC=C(C(=O)O)[C@H]2C[C@@H]1O. The third kappa shape index (κ3) is 5.54. The number of esters is 1. The third-order valence-electron chi connectivity index (χ3n) is 6.69. The molecule has 2 fully saturated rings. The summed E-state index contributed by atoms with van der Waals surface area (Å²) in [6.45, 7) is 3.14. The van der Waals surface area contributed by atoms with E-state index in [0.717, 1.165) is 12.3 Å². The number of rotatable bonds is 7. The monoisotopic (exact) mass is 520 g/mol. The van der Waals surface area contributed by atoms with Gasteiger partial charge in [0.15, 0.2) is 6.10 Å². The number of fused-ring (bicyclic) bond motifs is 1. The first-order valence-corrected chi connectivity index (χ1v) is 11.5. The quantitative estimate of drug-likeness (QED) is 0.156. The summed E-state index contributed by atoms with van der Waals surface area (Å²) in [7, 11) is 0. The van der Waals surface area contributed by atoms with Gasteiger partial charge in [0.1, 0.15) is 24.1 Å². The molecule has 9 atom stereocenters. The molecule has 1 aromatic carbocycles. The van der Waals surface area contributed by atoms with Gasteiger partial charge in [-0.15, -0.1) is 0 Å². The molecule has 3 aliphatic rings. The second kappa shape index (κ2) is 11.0. The number of ether oxygens (including phenoxy) is 4. The van der Waals surface area contributed by atoms with Crippen molar-refractivity contribution in [3.05, 3.63) is 59.9 Å². The minimum Gasteiger partial charge on any atom is -0.508 e. The summed E-state index contributed by atoms with van der Waals surface area (Å²) in [6, 6.07) is 5.96. The highest BCUT2D eigenvalue weighted by atomic mass is 16.8. The number of aromatic hydroxyl groups is 1. The van der Waals surface area contributed by atoms with Gasteiger partial charge >= 0.3 is 11.9 Å². The predicted molar refractivity (Wildman–Crippen MR) is 123 cm³/mol. The van der Waals surface area contributed by atoms with E-state index in [0.29, 0.717) is 5.56 Å². The largest absolute Gasteiger partial charge is 0.508 e. The maximum absolute atomic E-state index is 12.5. The van der Waals surface area contributed by atoms with Crippen LogP contribution in [0.25, 0.3) is 6.08 Å². The molecule has 2 aliphatic heterocycles. The first kappa shape index (κ1) is 26.8. The molecular weight excluding hydrogens is 492 g/mol. The molecule has 1 saturated carbocycles. The number of phenolic OH excluding ortho intramolecular Hbond substituents is 1. The molecule has 0 spiro atoms. The number of benzene rings is 1. The summed E-state index contributed by atoms with van der Waals surface area (Å²) in [5.74, 6) is -3.57. The summed E-state index contributed by atoms with van der Waals surface area (Å²) in [5.41, 5.74) is 0.782. The Morgan fingerprint density at radius 3 is 2.46 bits per heavy atom. The molecule has 1 aliphatic carbocycles. The van der Waals surface area contributed by atoms with Crippen LogP contribution in [-0.4, -0.2) is 92.3 Å². The van der Waals surface area contributed by atoms with Crippen molar-refractivity contribution in [2.45, 2.75) is 49.5 Å². The van der Waals surface area contributed by atoms with E-state index >= 15 is 0 Å². The molecule has 1 saturated heterocycles. The van der Waals surface area contributed by atoms with Crippen molar-refractivity contribution in [2.24, 2.45) is 11.8 Å². The highest BCUT2D eigenvalue weighted by molar-refractivity contribution is 5.88. The maximum Gasteiger partial charge on any atom is 0.334 e. The Morgan fingerprint density at radius 2 is 1.81 bits per heavy atom. The van der Waals surface area contributed by atoms with Crippen molar-refractivity contribution in [2.75, 3.05) is 6.61 Å². The molecule has 0 radical (unpaired) electrons. The van der Waals surface area contributed by atoms with Gasteiger partial charge in [0.25, 0.3) is 0 Å². The van der Waals surface area contributed by atoms with Crippen LogP contribution in [0, 0.1) is 11.8 Å². The standard InChI is InChI=1S/C25H28O12/c1-11-16(28)8-14-15(23(32)33)10-34-24(19(11)14)37-25-22(21(31)20(30)17(9-26)35-25)36-18(29)7-4-12-2-5-13(27)6-3-12/h2-7,10,14,16-17,19-22,24-28,30-31H,1,8-9H2,(H,32,33)/b7-4+/t14-,16+,17+,19-,20-,21-,22-,24+,25-/m1/s1. The zero-order chi connectivity index (χ0) is 26.9. The number of carboxylic acid groups (broad SMARTS) is 1. The van der Waals surface area contributed by atoms with Gasteiger partial charge in [-0.1, -0.05) is 18.7 Å². The number of carbonyl (C=O) groups is 2. The Labute approximate surface area is 211 Å². The summed E-state index contributed by atoms with van der Waals surface area (Å²) < 4.78 is 22.3. The molecule has 4 rings (SSSR count). The Balaban J connectivity index is 1.54. The molecule has 37 heavy (non-hydrogen) atoms. The van der Waals surface area contributed by atoms with Gasteiger partial charge in [0.2, 0.25) is 12.6 Å². The van der Waals surface area contributed by atoms with Gasteiger partial charge in [-0.2, -0.15) is 0 Å². The Hall–Kier alpha value is -3.26. The molecule has 12 nitrogen and oxygen atoms in total. The summed E-state index contributed by atoms with van der Waals surface area (Å²) in [4.78, 5) is 24.2. The molecule has 0 bridgehead atoms. The Kier molecular flexibility index (Phi) is 7.97. The second-order valence-electron chi connectivity index (χ2n) is 9.01. The van der Waals surface area contributed by atoms with Gasteiger partial charge in [-0.05, 0) is 35.8 Å². The fourth-order valence-corrected chi connectivity index (χ4v) is 4.69. The smallest absolute Gasteiger partial charge is 0.334 e. The molecule has 0 unspecified atom stereocenters. The Morgan fingerprint density at radius 1 is 1.11 bits per heavy atom. The van der Waals surface area contributed by atoms with Crippen LogP contribution in [0.5, 0.6) is 5.75 Å². The van der Waals surface area contributed by atoms with Crippen LogP contribution < -0.4 is 0 Å². The topological polar surface area (TPSA) is 192 Å². The minimum atomic E-state index is -1.72. The number of phenols is 1. The third-order valence-corrected chi connectivity index (χ3v) is 6.69. The highest BCUT2D eigenvalue weighted by Crippen LogP contribution is 2.46. The number of aliphatic hydroxyl groups excluding tert-OH is 4. The molecule has 0 amide bonds. The zero-order valence-electron chi connectivity index (χ0n) is 19.5. The van der Waals surface area contributed by atoms with Crippen molar-refractivity contribution in [3.8, 4) is 5.75 Å². The lowest BCUT2D eigenvalue weighted by Gasteiger charge is -2.43. The summed E-state index contributed by atoms with van der Waals surface area (Å²) in [6.07, 6.45) is -6.44. The van der Waals surface area contributed by atoms with Crippen molar-refractivity contribution in [3.63, 3.8) is 0 Å². The lowest BCUT2D eigenvalue weighted by atomic mass is 9.85. The van der Waals surface area contributed by atoms with E-state index in [2.05, 4.69) is 6.58 Å². The molecule has 6 N–H and O–H groups in total. The number of hydrogen-bond acceptors (Lipinski definition) is 11. The average molecular weight is 520 g/mol. The number of carboxylic acids is 1. The minimum absolute atomic E-state index is 0.0459. The maximum atomic E-state index is 12.5. The first-order valence-electron chi connectivity index (χ1n) is 11.5. The normalized spacial score (nSPS) is 35.5. The highest BCUT2D eigenvalue weighted by Gasteiger charge is 2.53. The van der Waals surface area contributed by atoms with Crippen LogP contribution >= 0.6 is 0 Å². The van der Waals surface area contributed by atoms with Crippen LogP contribution in [0.15, 0.2) is 54.3 Å². The zero-order valence-corrected chi connectivity index (χ0v) is 19.5. The van der Waals surface area contributed by atoms with Crippen LogP contribution in [-0.2, 0) is 28.5 Å². The van der Waals surface area contributed by atoms with E-state index in [1.807, 2.05) is 0 Å². The van der Waals surface area contributed by atoms with Crippen molar-refractivity contribution >= 4 is 18.0 Å².